The zero-order valence-electron chi connectivity index (χ0n) is 14.3. The Hall–Kier alpha value is -1.81. The minimum Gasteiger partial charge on any atom is -0.496 e. The number of benzene rings is 1. The standard InChI is InChI=1S/C18H26N2O2/c1-17(2,3)14-9-7-8-13(16(14)22-6)15-10-11-20(19-15)12-18(4,5)21/h7-11,21H,12H2,1-6H3. The molecule has 0 atom stereocenters. The highest BCUT2D eigenvalue weighted by molar-refractivity contribution is 5.69. The molecule has 1 heterocycles. The fraction of sp³-hybridized carbons (Fsp3) is 0.500. The quantitative estimate of drug-likeness (QED) is 0.938. The van der Waals surface area contributed by atoms with Crippen molar-refractivity contribution in [3.05, 3.63) is 36.0 Å². The maximum Gasteiger partial charge on any atom is 0.132 e. The van der Waals surface area contributed by atoms with Crippen LogP contribution in [0.2, 0.25) is 0 Å². The highest BCUT2D eigenvalue weighted by Gasteiger charge is 2.22. The summed E-state index contributed by atoms with van der Waals surface area (Å²) in [6.45, 7) is 10.5. The monoisotopic (exact) mass is 302 g/mol. The normalized spacial score (nSPS) is 12.5. The van der Waals surface area contributed by atoms with E-state index < -0.39 is 5.60 Å². The first-order chi connectivity index (χ1) is 10.1. The van der Waals surface area contributed by atoms with E-state index in [2.05, 4.69) is 31.9 Å². The Kier molecular flexibility index (Phi) is 4.34. The first-order valence-electron chi connectivity index (χ1n) is 7.55. The number of hydrogen-bond acceptors (Lipinski definition) is 3. The summed E-state index contributed by atoms with van der Waals surface area (Å²) >= 11 is 0. The first kappa shape index (κ1) is 16.6. The van der Waals surface area contributed by atoms with E-state index in [1.807, 2.05) is 24.4 Å². The number of ether oxygens (including phenoxy) is 1. The van der Waals surface area contributed by atoms with Crippen LogP contribution in [0.25, 0.3) is 11.3 Å². The molecule has 0 spiro atoms. The van der Waals surface area contributed by atoms with E-state index in [1.165, 1.54) is 0 Å². The molecule has 4 nitrogen and oxygen atoms in total. The molecule has 0 aliphatic rings. The average molecular weight is 302 g/mol. The van der Waals surface area contributed by atoms with Gasteiger partial charge in [-0.3, -0.25) is 4.68 Å². The van der Waals surface area contributed by atoms with Gasteiger partial charge < -0.3 is 9.84 Å². The molecule has 4 heteroatoms. The molecular formula is C18H26N2O2. The second kappa shape index (κ2) is 5.76. The second-order valence-corrected chi connectivity index (χ2v) is 7.35. The van der Waals surface area contributed by atoms with Gasteiger partial charge in [0.15, 0.2) is 0 Å². The maximum absolute atomic E-state index is 9.92. The smallest absolute Gasteiger partial charge is 0.132 e. The van der Waals surface area contributed by atoms with Crippen LogP contribution in [0.15, 0.2) is 30.5 Å². The van der Waals surface area contributed by atoms with Crippen LogP contribution in [0.4, 0.5) is 0 Å². The lowest BCUT2D eigenvalue weighted by Gasteiger charge is -2.23. The Balaban J connectivity index is 2.45. The van der Waals surface area contributed by atoms with Gasteiger partial charge in [-0.25, -0.2) is 0 Å². The van der Waals surface area contributed by atoms with E-state index in [4.69, 9.17) is 4.74 Å². The van der Waals surface area contributed by atoms with Crippen LogP contribution in [0.3, 0.4) is 0 Å². The van der Waals surface area contributed by atoms with Crippen molar-refractivity contribution in [2.75, 3.05) is 7.11 Å². The Labute approximate surface area is 132 Å². The van der Waals surface area contributed by atoms with Crippen molar-refractivity contribution in [1.29, 1.82) is 0 Å². The lowest BCUT2D eigenvalue weighted by molar-refractivity contribution is 0.0578. The van der Waals surface area contributed by atoms with E-state index in [0.717, 1.165) is 22.6 Å². The number of aliphatic hydroxyl groups is 1. The summed E-state index contributed by atoms with van der Waals surface area (Å²) < 4.78 is 7.43. The Bertz CT molecular complexity index is 646. The van der Waals surface area contributed by atoms with Crippen LogP contribution in [0.1, 0.15) is 40.2 Å². The minimum atomic E-state index is -0.791. The summed E-state index contributed by atoms with van der Waals surface area (Å²) in [4.78, 5) is 0. The highest BCUT2D eigenvalue weighted by atomic mass is 16.5. The zero-order chi connectivity index (χ0) is 16.5. The number of methoxy groups -OCH3 is 1. The number of hydrogen-bond donors (Lipinski definition) is 1. The molecule has 2 rings (SSSR count). The molecule has 0 radical (unpaired) electrons. The summed E-state index contributed by atoms with van der Waals surface area (Å²) in [5, 5.41) is 14.5. The molecule has 1 aromatic carbocycles. The van der Waals surface area contributed by atoms with E-state index in [9.17, 15) is 5.11 Å². The molecule has 0 saturated heterocycles. The van der Waals surface area contributed by atoms with E-state index in [-0.39, 0.29) is 5.41 Å². The van der Waals surface area contributed by atoms with Gasteiger partial charge in [-0.1, -0.05) is 32.9 Å². The third kappa shape index (κ3) is 3.69. The van der Waals surface area contributed by atoms with Crippen LogP contribution in [0, 0.1) is 0 Å². The van der Waals surface area contributed by atoms with Gasteiger partial charge in [0.1, 0.15) is 5.75 Å². The molecule has 0 unspecified atom stereocenters. The van der Waals surface area contributed by atoms with Crippen LogP contribution in [0.5, 0.6) is 5.75 Å². The van der Waals surface area contributed by atoms with Gasteiger partial charge >= 0.3 is 0 Å². The summed E-state index contributed by atoms with van der Waals surface area (Å²) in [6.07, 6.45) is 1.89. The molecule has 0 amide bonds. The fourth-order valence-electron chi connectivity index (χ4n) is 2.54. The highest BCUT2D eigenvalue weighted by Crippen LogP contribution is 2.38. The van der Waals surface area contributed by atoms with Crippen molar-refractivity contribution >= 4 is 0 Å². The number of rotatable bonds is 4. The predicted molar refractivity (Wildman–Crippen MR) is 89.2 cm³/mol. The average Bonchev–Trinajstić information content (AvgIpc) is 2.82. The zero-order valence-corrected chi connectivity index (χ0v) is 14.3. The maximum atomic E-state index is 9.92. The molecule has 22 heavy (non-hydrogen) atoms. The lowest BCUT2D eigenvalue weighted by atomic mass is 9.85. The fourth-order valence-corrected chi connectivity index (χ4v) is 2.54. The Morgan fingerprint density at radius 2 is 1.82 bits per heavy atom. The molecule has 1 aromatic heterocycles. The molecule has 120 valence electrons. The summed E-state index contributed by atoms with van der Waals surface area (Å²) in [5.74, 6) is 0.864. The largest absolute Gasteiger partial charge is 0.496 e. The van der Waals surface area contributed by atoms with Gasteiger partial charge in [0.2, 0.25) is 0 Å². The van der Waals surface area contributed by atoms with Crippen molar-refractivity contribution in [3.63, 3.8) is 0 Å². The van der Waals surface area contributed by atoms with Crippen molar-refractivity contribution in [2.24, 2.45) is 0 Å². The minimum absolute atomic E-state index is 0.00297. The van der Waals surface area contributed by atoms with Crippen LogP contribution in [-0.4, -0.2) is 27.6 Å². The van der Waals surface area contributed by atoms with E-state index in [1.54, 1.807) is 25.6 Å². The number of para-hydroxylation sites is 1. The van der Waals surface area contributed by atoms with E-state index >= 15 is 0 Å². The second-order valence-electron chi connectivity index (χ2n) is 7.35. The molecular weight excluding hydrogens is 276 g/mol. The van der Waals surface area contributed by atoms with Gasteiger partial charge in [-0.15, -0.1) is 0 Å². The molecule has 0 aliphatic carbocycles. The summed E-state index contributed by atoms with van der Waals surface area (Å²) in [5.41, 5.74) is 2.19. The molecule has 1 N–H and O–H groups in total. The van der Waals surface area contributed by atoms with Gasteiger partial charge in [0.25, 0.3) is 0 Å². The lowest BCUT2D eigenvalue weighted by Crippen LogP contribution is -2.26. The molecule has 0 aliphatic heterocycles. The molecule has 0 fully saturated rings. The van der Waals surface area contributed by atoms with Crippen molar-refractivity contribution in [2.45, 2.75) is 52.2 Å². The van der Waals surface area contributed by atoms with Gasteiger partial charge in [0.05, 0.1) is 24.9 Å². The van der Waals surface area contributed by atoms with Gasteiger partial charge in [0, 0.05) is 17.3 Å². The topological polar surface area (TPSA) is 47.3 Å². The summed E-state index contributed by atoms with van der Waals surface area (Å²) in [6, 6.07) is 8.10. The van der Waals surface area contributed by atoms with Gasteiger partial charge in [-0.2, -0.15) is 5.10 Å². The molecule has 0 bridgehead atoms. The van der Waals surface area contributed by atoms with E-state index in [0.29, 0.717) is 6.54 Å². The van der Waals surface area contributed by atoms with Crippen molar-refractivity contribution < 1.29 is 9.84 Å². The Morgan fingerprint density at radius 3 is 2.36 bits per heavy atom. The SMILES string of the molecule is COc1c(-c2ccn(CC(C)(C)O)n2)cccc1C(C)(C)C. The Morgan fingerprint density at radius 1 is 1.14 bits per heavy atom. The predicted octanol–water partition coefficient (Wildman–Crippen LogP) is 3.63. The summed E-state index contributed by atoms with van der Waals surface area (Å²) in [7, 11) is 1.70. The van der Waals surface area contributed by atoms with Crippen molar-refractivity contribution in [1.82, 2.24) is 9.78 Å². The van der Waals surface area contributed by atoms with Crippen LogP contribution in [-0.2, 0) is 12.0 Å². The third-order valence-electron chi connectivity index (χ3n) is 3.49. The number of aromatic nitrogens is 2. The van der Waals surface area contributed by atoms with Crippen molar-refractivity contribution in [3.8, 4) is 17.0 Å². The van der Waals surface area contributed by atoms with Crippen LogP contribution < -0.4 is 4.74 Å². The first-order valence-corrected chi connectivity index (χ1v) is 7.55. The van der Waals surface area contributed by atoms with Crippen LogP contribution >= 0.6 is 0 Å². The molecule has 0 saturated carbocycles. The van der Waals surface area contributed by atoms with Gasteiger partial charge in [-0.05, 0) is 31.4 Å². The third-order valence-corrected chi connectivity index (χ3v) is 3.49. The number of nitrogens with zero attached hydrogens (tertiary/aromatic N) is 2. The molecule has 2 aromatic rings.